The van der Waals surface area contributed by atoms with Crippen molar-refractivity contribution in [3.8, 4) is 18.1 Å². The number of ether oxygens (including phenoxy) is 1. The van der Waals surface area contributed by atoms with E-state index in [1.165, 1.54) is 74.5 Å². The molecule has 4 heteroatoms. The van der Waals surface area contributed by atoms with Crippen molar-refractivity contribution in [2.75, 3.05) is 7.11 Å². The van der Waals surface area contributed by atoms with Gasteiger partial charge in [0.15, 0.2) is 5.78 Å². The maximum Gasteiger partial charge on any atom is 0.155 e. The number of aryl methyl sites for hydroxylation is 1. The Morgan fingerprint density at radius 1 is 0.902 bits per heavy atom. The fraction of sp³-hybridized carbons (Fsp3) is 0.745. The average molecular weight is 693 g/mol. The van der Waals surface area contributed by atoms with Crippen molar-refractivity contribution in [1.82, 2.24) is 0 Å². The van der Waals surface area contributed by atoms with Gasteiger partial charge in [-0.15, -0.1) is 6.42 Å². The van der Waals surface area contributed by atoms with Crippen LogP contribution < -0.4 is 4.74 Å². The lowest BCUT2D eigenvalue weighted by Crippen LogP contribution is -2.52. The van der Waals surface area contributed by atoms with E-state index in [-0.39, 0.29) is 10.8 Å². The summed E-state index contributed by atoms with van der Waals surface area (Å²) >= 11 is 0. The molecular formula is C47H64O4. The van der Waals surface area contributed by atoms with Gasteiger partial charge < -0.3 is 14.6 Å². The smallest absolute Gasteiger partial charge is 0.155 e. The highest BCUT2D eigenvalue weighted by molar-refractivity contribution is 5.91. The Balaban J connectivity index is 0.000000150. The first-order chi connectivity index (χ1) is 24.4. The SMILES string of the molecule is C#CC1(O)CC[C@H]2[C@@H]3CCc4cc(OC)ccc4[C@H]3CC[C@@]21C.CC(=O)C[C@@]12CCCC[C@@H]1C[C@H]1[C@@H]3C[C@H](C)C4=CC(=O)CCC4[C@H]3CC[C@@]12C. The molecule has 1 N–H and O–H groups in total. The molecule has 6 fully saturated rings. The number of hydrogen-bond acceptors (Lipinski definition) is 4. The van der Waals surface area contributed by atoms with Gasteiger partial charge in [0.2, 0.25) is 0 Å². The number of aliphatic hydroxyl groups is 1. The third kappa shape index (κ3) is 5.31. The molecule has 13 atom stereocenters. The second-order valence-corrected chi connectivity index (χ2v) is 19.5. The molecule has 2 unspecified atom stereocenters. The van der Waals surface area contributed by atoms with Crippen molar-refractivity contribution in [3.63, 3.8) is 0 Å². The minimum absolute atomic E-state index is 0.104. The Morgan fingerprint density at radius 3 is 2.47 bits per heavy atom. The number of fused-ring (bicyclic) bond motifs is 12. The van der Waals surface area contributed by atoms with Crippen molar-refractivity contribution in [2.45, 2.75) is 148 Å². The lowest BCUT2D eigenvalue weighted by atomic mass is 9.45. The molecule has 51 heavy (non-hydrogen) atoms. The van der Waals surface area contributed by atoms with Crippen LogP contribution in [0.2, 0.25) is 0 Å². The number of allylic oxidation sites excluding steroid dienone is 1. The molecule has 8 aliphatic rings. The predicted octanol–water partition coefficient (Wildman–Crippen LogP) is 10.1. The molecular weight excluding hydrogens is 629 g/mol. The summed E-state index contributed by atoms with van der Waals surface area (Å²) in [5.74, 6) is 10.8. The molecule has 0 bridgehead atoms. The summed E-state index contributed by atoms with van der Waals surface area (Å²) in [5, 5.41) is 11.0. The van der Waals surface area contributed by atoms with Crippen molar-refractivity contribution in [1.29, 1.82) is 0 Å². The summed E-state index contributed by atoms with van der Waals surface area (Å²) in [6.45, 7) is 9.06. The maximum absolute atomic E-state index is 12.4. The zero-order valence-corrected chi connectivity index (χ0v) is 32.3. The van der Waals surface area contributed by atoms with Crippen molar-refractivity contribution in [3.05, 3.63) is 41.0 Å². The normalized spacial score (nSPS) is 46.2. The number of hydrogen-bond donors (Lipinski definition) is 1. The molecule has 0 radical (unpaired) electrons. The van der Waals surface area contributed by atoms with E-state index in [2.05, 4.69) is 44.9 Å². The molecule has 0 amide bonds. The topological polar surface area (TPSA) is 63.6 Å². The molecule has 0 spiro atoms. The van der Waals surface area contributed by atoms with E-state index >= 15 is 0 Å². The minimum Gasteiger partial charge on any atom is -0.497 e. The molecule has 0 saturated heterocycles. The summed E-state index contributed by atoms with van der Waals surface area (Å²) < 4.78 is 5.39. The molecule has 276 valence electrons. The molecule has 0 aromatic heterocycles. The highest BCUT2D eigenvalue weighted by Gasteiger charge is 2.67. The third-order valence-corrected chi connectivity index (χ3v) is 17.8. The molecule has 4 nitrogen and oxygen atoms in total. The van der Waals surface area contributed by atoms with Crippen LogP contribution in [0.15, 0.2) is 29.8 Å². The van der Waals surface area contributed by atoms with E-state index in [4.69, 9.17) is 11.2 Å². The van der Waals surface area contributed by atoms with E-state index in [1.807, 2.05) is 13.0 Å². The fourth-order valence-corrected chi connectivity index (χ4v) is 15.4. The Hall–Kier alpha value is -2.38. The number of carbonyl (C=O) groups excluding carboxylic acids is 2. The fourth-order valence-electron chi connectivity index (χ4n) is 15.4. The average Bonchev–Trinajstić information content (AvgIpc) is 3.55. The van der Waals surface area contributed by atoms with Gasteiger partial charge in [-0.2, -0.15) is 0 Å². The predicted molar refractivity (Wildman–Crippen MR) is 203 cm³/mol. The molecule has 8 aliphatic carbocycles. The number of terminal acetylenes is 1. The van der Waals surface area contributed by atoms with Gasteiger partial charge >= 0.3 is 0 Å². The van der Waals surface area contributed by atoms with E-state index in [0.717, 1.165) is 80.8 Å². The van der Waals surface area contributed by atoms with Crippen LogP contribution in [0, 0.1) is 75.9 Å². The van der Waals surface area contributed by atoms with Crippen molar-refractivity contribution >= 4 is 11.6 Å². The van der Waals surface area contributed by atoms with Gasteiger partial charge in [-0.05, 0) is 184 Å². The van der Waals surface area contributed by atoms with Crippen molar-refractivity contribution < 1.29 is 19.4 Å². The van der Waals surface area contributed by atoms with Crippen LogP contribution in [0.25, 0.3) is 0 Å². The van der Waals surface area contributed by atoms with Gasteiger partial charge in [0.1, 0.15) is 17.1 Å². The van der Waals surface area contributed by atoms with Crippen LogP contribution in [0.3, 0.4) is 0 Å². The molecule has 0 heterocycles. The van der Waals surface area contributed by atoms with Crippen LogP contribution in [-0.4, -0.2) is 29.4 Å². The molecule has 1 aromatic rings. The number of rotatable bonds is 3. The Kier molecular flexibility index (Phi) is 9.01. The first-order valence-corrected chi connectivity index (χ1v) is 21.0. The first kappa shape index (κ1) is 35.6. The molecule has 0 aliphatic heterocycles. The summed E-state index contributed by atoms with van der Waals surface area (Å²) in [6, 6.07) is 6.59. The quantitative estimate of drug-likeness (QED) is 0.321. The Labute approximate surface area is 308 Å². The van der Waals surface area contributed by atoms with Gasteiger partial charge in [0.25, 0.3) is 0 Å². The third-order valence-electron chi connectivity index (χ3n) is 17.8. The molecule has 1 aromatic carbocycles. The van der Waals surface area contributed by atoms with E-state index in [9.17, 15) is 14.7 Å². The largest absolute Gasteiger partial charge is 0.497 e. The van der Waals surface area contributed by atoms with E-state index in [1.54, 1.807) is 7.11 Å². The number of Topliss-reactive ketones (excluding diaryl/α,β-unsaturated/α-hetero) is 1. The monoisotopic (exact) mass is 692 g/mol. The maximum atomic E-state index is 12.4. The minimum atomic E-state index is -0.900. The van der Waals surface area contributed by atoms with Gasteiger partial charge in [0, 0.05) is 18.3 Å². The second-order valence-electron chi connectivity index (χ2n) is 19.5. The lowest BCUT2D eigenvalue weighted by molar-refractivity contribution is -0.129. The summed E-state index contributed by atoms with van der Waals surface area (Å²) in [4.78, 5) is 24.4. The molecule has 6 saturated carbocycles. The summed E-state index contributed by atoms with van der Waals surface area (Å²) in [5.41, 5.74) is 4.11. The van der Waals surface area contributed by atoms with Gasteiger partial charge in [-0.3, -0.25) is 4.79 Å². The lowest BCUT2D eigenvalue weighted by Gasteiger charge is -2.59. The number of methoxy groups -OCH3 is 1. The Morgan fingerprint density at radius 2 is 1.71 bits per heavy atom. The molecule has 9 rings (SSSR count). The van der Waals surface area contributed by atoms with Crippen LogP contribution in [0.5, 0.6) is 5.75 Å². The van der Waals surface area contributed by atoms with Crippen molar-refractivity contribution in [2.24, 2.45) is 63.6 Å². The Bertz CT molecular complexity index is 1630. The second kappa shape index (κ2) is 12.9. The number of ketones is 2. The highest BCUT2D eigenvalue weighted by Crippen LogP contribution is 2.74. The van der Waals surface area contributed by atoms with Gasteiger partial charge in [-0.25, -0.2) is 0 Å². The van der Waals surface area contributed by atoms with Crippen LogP contribution in [-0.2, 0) is 16.0 Å². The number of carbonyl (C=O) groups is 2. The van der Waals surface area contributed by atoms with Gasteiger partial charge in [-0.1, -0.05) is 51.2 Å². The van der Waals surface area contributed by atoms with E-state index in [0.29, 0.717) is 46.6 Å². The zero-order valence-electron chi connectivity index (χ0n) is 32.3. The van der Waals surface area contributed by atoms with Crippen LogP contribution >= 0.6 is 0 Å². The summed E-state index contributed by atoms with van der Waals surface area (Å²) in [7, 11) is 1.73. The standard InChI is InChI=1S/C26H38O2.C21H26O2/c1-16-12-23-21(20-8-7-19(28)14-22(16)20)9-11-25(3)24(23)13-18-6-4-5-10-26(18,25)15-17(2)27;1-4-21(22)12-10-19-18-7-5-14-13-15(23-3)6-8-16(14)17(18)9-11-20(19,21)2/h14,16,18,20-21,23-24H,4-13,15H2,1-3H3;1,6,8,13,17-19,22H,5,7,9-12H2,2-3H3/t16-,18+,20?,21+,23+,24-,25-,26-;17-,18-,19+,20+,21?/m01/s1. The van der Waals surface area contributed by atoms with Crippen LogP contribution in [0.1, 0.15) is 147 Å². The first-order valence-electron chi connectivity index (χ1n) is 21.0. The van der Waals surface area contributed by atoms with Gasteiger partial charge in [0.05, 0.1) is 7.11 Å². The van der Waals surface area contributed by atoms with E-state index < -0.39 is 5.60 Å². The number of benzene rings is 1. The van der Waals surface area contributed by atoms with Crippen LogP contribution in [0.4, 0.5) is 0 Å². The highest BCUT2D eigenvalue weighted by atomic mass is 16.5. The zero-order chi connectivity index (χ0) is 35.9. The summed E-state index contributed by atoms with van der Waals surface area (Å²) in [6.07, 6.45) is 27.5.